The Morgan fingerprint density at radius 1 is 1.19 bits per heavy atom. The van der Waals surface area contributed by atoms with Crippen LogP contribution in [0.25, 0.3) is 11.0 Å². The number of hydrogen-bond acceptors (Lipinski definition) is 3. The van der Waals surface area contributed by atoms with Crippen LogP contribution in [0.2, 0.25) is 0 Å². The number of nitrogens with zero attached hydrogens (tertiary/aromatic N) is 1. The van der Waals surface area contributed by atoms with E-state index >= 15 is 0 Å². The molecule has 0 aliphatic rings. The van der Waals surface area contributed by atoms with E-state index in [9.17, 15) is 13.2 Å². The topological polar surface area (TPSA) is 46.3 Å². The minimum absolute atomic E-state index is 0.0249. The number of hydrogen-bond donors (Lipinski definition) is 1. The summed E-state index contributed by atoms with van der Waals surface area (Å²) in [6.07, 6.45) is -0.861. The first-order valence-corrected chi connectivity index (χ1v) is 7.07. The molecule has 3 nitrogen and oxygen atoms in total. The summed E-state index contributed by atoms with van der Waals surface area (Å²) in [6.45, 7) is 2.09. The summed E-state index contributed by atoms with van der Waals surface area (Å²) >= 11 is 0. The van der Waals surface area contributed by atoms with Gasteiger partial charge in [0.15, 0.2) is 11.3 Å². The first-order chi connectivity index (χ1) is 9.99. The van der Waals surface area contributed by atoms with E-state index in [1.807, 2.05) is 6.92 Å². The van der Waals surface area contributed by atoms with Crippen LogP contribution in [0.5, 0.6) is 0 Å². The molecule has 0 fully saturated rings. The third kappa shape index (κ3) is 3.37. The van der Waals surface area contributed by atoms with Crippen LogP contribution in [0.4, 0.5) is 13.2 Å². The number of rotatable bonds is 6. The molecule has 1 heterocycles. The van der Waals surface area contributed by atoms with E-state index in [2.05, 4.69) is 5.16 Å². The van der Waals surface area contributed by atoms with Gasteiger partial charge in [-0.2, -0.15) is 13.2 Å². The molecule has 1 N–H and O–H groups in total. The van der Waals surface area contributed by atoms with Crippen molar-refractivity contribution in [3.63, 3.8) is 0 Å². The Morgan fingerprint density at radius 2 is 1.95 bits per heavy atom. The Morgan fingerprint density at radius 3 is 2.57 bits per heavy atom. The molecule has 6 heteroatoms. The van der Waals surface area contributed by atoms with Crippen LogP contribution < -0.4 is 0 Å². The lowest BCUT2D eigenvalue weighted by Crippen LogP contribution is -2.05. The molecule has 2 aromatic rings. The lowest BCUT2D eigenvalue weighted by molar-refractivity contribution is -0.141. The van der Waals surface area contributed by atoms with Gasteiger partial charge in [-0.3, -0.25) is 0 Å². The smallest absolute Gasteiger partial charge is 0.396 e. The number of fused-ring (bicyclic) bond motifs is 1. The molecule has 0 aliphatic heterocycles. The predicted octanol–water partition coefficient (Wildman–Crippen LogP) is 4.11. The Labute approximate surface area is 120 Å². The van der Waals surface area contributed by atoms with Gasteiger partial charge in [0, 0.05) is 12.2 Å². The van der Waals surface area contributed by atoms with Crippen LogP contribution in [-0.2, 0) is 19.0 Å². The third-order valence-corrected chi connectivity index (χ3v) is 3.46. The highest BCUT2D eigenvalue weighted by Crippen LogP contribution is 2.36. The molecule has 0 aliphatic carbocycles. The van der Waals surface area contributed by atoms with Gasteiger partial charge in [-0.25, -0.2) is 0 Å². The molecule has 0 radical (unpaired) electrons. The fraction of sp³-hybridized carbons (Fsp3) is 0.533. The highest BCUT2D eigenvalue weighted by molar-refractivity contribution is 5.84. The maximum absolute atomic E-state index is 12.9. The average Bonchev–Trinajstić information content (AvgIpc) is 2.85. The van der Waals surface area contributed by atoms with Gasteiger partial charge in [-0.05, 0) is 37.3 Å². The second-order valence-electron chi connectivity index (χ2n) is 5.04. The molecule has 21 heavy (non-hydrogen) atoms. The van der Waals surface area contributed by atoms with E-state index in [-0.39, 0.29) is 17.6 Å². The van der Waals surface area contributed by atoms with Crippen molar-refractivity contribution in [2.75, 3.05) is 6.61 Å². The molecular weight excluding hydrogens is 283 g/mol. The van der Waals surface area contributed by atoms with Crippen molar-refractivity contribution in [3.8, 4) is 0 Å². The second-order valence-corrected chi connectivity index (χ2v) is 5.04. The standard InChI is InChI=1S/C15H18F3NO2/c1-2-5-11-10(6-3-4-9-20)7-8-12-13(11)21-19-14(12)15(16,17)18/h7-8,20H,2-6,9H2,1H3. The molecule has 1 aromatic heterocycles. The van der Waals surface area contributed by atoms with Crippen LogP contribution >= 0.6 is 0 Å². The van der Waals surface area contributed by atoms with E-state index in [1.165, 1.54) is 6.07 Å². The first kappa shape index (κ1) is 15.8. The summed E-state index contributed by atoms with van der Waals surface area (Å²) in [5, 5.41) is 12.1. The van der Waals surface area contributed by atoms with Gasteiger partial charge >= 0.3 is 6.18 Å². The SMILES string of the molecule is CCCc1c(CCCCO)ccc2c(C(F)(F)F)noc12. The highest BCUT2D eigenvalue weighted by Gasteiger charge is 2.37. The number of aliphatic hydroxyl groups is 1. The molecule has 116 valence electrons. The quantitative estimate of drug-likeness (QED) is 0.817. The van der Waals surface area contributed by atoms with Crippen molar-refractivity contribution >= 4 is 11.0 Å². The molecule has 0 spiro atoms. The Kier molecular flexibility index (Phi) is 4.88. The fourth-order valence-corrected chi connectivity index (χ4v) is 2.49. The van der Waals surface area contributed by atoms with Crippen molar-refractivity contribution in [2.45, 2.75) is 45.2 Å². The minimum Gasteiger partial charge on any atom is -0.396 e. The summed E-state index contributed by atoms with van der Waals surface area (Å²) in [5.41, 5.74) is 1.06. The van der Waals surface area contributed by atoms with E-state index in [1.54, 1.807) is 6.07 Å². The third-order valence-electron chi connectivity index (χ3n) is 3.46. The zero-order chi connectivity index (χ0) is 15.5. The average molecular weight is 301 g/mol. The maximum Gasteiger partial charge on any atom is 0.437 e. The molecule has 2 rings (SSSR count). The lowest BCUT2D eigenvalue weighted by Gasteiger charge is -2.09. The van der Waals surface area contributed by atoms with Crippen LogP contribution in [-0.4, -0.2) is 16.9 Å². The largest absolute Gasteiger partial charge is 0.437 e. The van der Waals surface area contributed by atoms with Crippen molar-refractivity contribution in [2.24, 2.45) is 0 Å². The molecule has 0 saturated carbocycles. The molecule has 0 amide bonds. The van der Waals surface area contributed by atoms with Crippen LogP contribution in [0.3, 0.4) is 0 Å². The monoisotopic (exact) mass is 301 g/mol. The molecule has 0 saturated heterocycles. The summed E-state index contributed by atoms with van der Waals surface area (Å²) < 4.78 is 43.6. The zero-order valence-corrected chi connectivity index (χ0v) is 11.8. The van der Waals surface area contributed by atoms with Gasteiger partial charge in [-0.15, -0.1) is 0 Å². The summed E-state index contributed by atoms with van der Waals surface area (Å²) in [4.78, 5) is 0. The lowest BCUT2D eigenvalue weighted by atomic mass is 9.96. The molecule has 1 aromatic carbocycles. The van der Waals surface area contributed by atoms with E-state index in [4.69, 9.17) is 9.63 Å². The Balaban J connectivity index is 2.45. The number of aliphatic hydroxyl groups excluding tert-OH is 1. The van der Waals surface area contributed by atoms with Gasteiger partial charge in [0.05, 0.1) is 5.39 Å². The van der Waals surface area contributed by atoms with Crippen LogP contribution in [0.1, 0.15) is 43.0 Å². The van der Waals surface area contributed by atoms with Gasteiger partial charge < -0.3 is 9.63 Å². The first-order valence-electron chi connectivity index (χ1n) is 7.07. The van der Waals surface area contributed by atoms with Gasteiger partial charge in [0.1, 0.15) is 0 Å². The number of halogens is 3. The van der Waals surface area contributed by atoms with Crippen molar-refractivity contribution in [1.82, 2.24) is 5.16 Å². The van der Waals surface area contributed by atoms with Crippen molar-refractivity contribution in [3.05, 3.63) is 29.0 Å². The van der Waals surface area contributed by atoms with Gasteiger partial charge in [0.2, 0.25) is 0 Å². The number of aromatic nitrogens is 1. The normalized spacial score (nSPS) is 12.2. The number of alkyl halides is 3. The van der Waals surface area contributed by atoms with E-state index in [0.29, 0.717) is 19.3 Å². The van der Waals surface area contributed by atoms with Crippen LogP contribution in [0, 0.1) is 0 Å². The Bertz CT molecular complexity index is 605. The van der Waals surface area contributed by atoms with Crippen molar-refractivity contribution in [1.29, 1.82) is 0 Å². The van der Waals surface area contributed by atoms with Crippen molar-refractivity contribution < 1.29 is 22.8 Å². The zero-order valence-electron chi connectivity index (χ0n) is 11.8. The molecular formula is C15H18F3NO2. The fourth-order valence-electron chi connectivity index (χ4n) is 2.49. The molecule has 0 bridgehead atoms. The summed E-state index contributed by atoms with van der Waals surface area (Å²) in [6, 6.07) is 3.15. The maximum atomic E-state index is 12.9. The summed E-state index contributed by atoms with van der Waals surface area (Å²) in [7, 11) is 0. The van der Waals surface area contributed by atoms with Crippen LogP contribution in [0.15, 0.2) is 16.7 Å². The molecule has 0 atom stereocenters. The Hall–Kier alpha value is -1.56. The molecule has 0 unspecified atom stereocenters. The minimum atomic E-state index is -4.51. The van der Waals surface area contributed by atoms with Gasteiger partial charge in [-0.1, -0.05) is 24.6 Å². The van der Waals surface area contributed by atoms with E-state index < -0.39 is 11.9 Å². The highest BCUT2D eigenvalue weighted by atomic mass is 19.4. The van der Waals surface area contributed by atoms with E-state index in [0.717, 1.165) is 24.0 Å². The number of aryl methyl sites for hydroxylation is 2. The second kappa shape index (κ2) is 6.47. The van der Waals surface area contributed by atoms with Gasteiger partial charge in [0.25, 0.3) is 0 Å². The number of benzene rings is 1. The summed E-state index contributed by atoms with van der Waals surface area (Å²) in [5.74, 6) is 0. The number of unbranched alkanes of at least 4 members (excludes halogenated alkanes) is 1. The predicted molar refractivity (Wildman–Crippen MR) is 73.0 cm³/mol.